The average Bonchev–Trinajstić information content (AvgIpc) is 3.17. The number of fused-ring (bicyclic) bond motifs is 1. The lowest BCUT2D eigenvalue weighted by Gasteiger charge is -2.19. The zero-order chi connectivity index (χ0) is 23.3. The highest BCUT2D eigenvalue weighted by Gasteiger charge is 2.37. The third-order valence-electron chi connectivity index (χ3n) is 5.54. The summed E-state index contributed by atoms with van der Waals surface area (Å²) < 4.78 is 81.2. The molecule has 3 aromatic rings. The number of hydrogen-bond acceptors (Lipinski definition) is 0. The fraction of sp³-hybridized carbons (Fsp3) is 0.192. The highest BCUT2D eigenvalue weighted by Crippen LogP contribution is 2.46. The molecule has 1 aliphatic carbocycles. The summed E-state index contributed by atoms with van der Waals surface area (Å²) in [5, 5.41) is 0. The van der Waals surface area contributed by atoms with E-state index in [0.717, 1.165) is 23.3 Å². The second-order valence-corrected chi connectivity index (χ2v) is 8.09. The highest BCUT2D eigenvalue weighted by atomic mass is 19.4. The number of allylic oxidation sites excluding steroid dienone is 1. The molecule has 32 heavy (non-hydrogen) atoms. The van der Waals surface area contributed by atoms with Gasteiger partial charge in [0.1, 0.15) is 0 Å². The molecule has 0 amide bonds. The van der Waals surface area contributed by atoms with Crippen LogP contribution in [0.25, 0.3) is 28.3 Å². The van der Waals surface area contributed by atoms with E-state index in [1.165, 1.54) is 0 Å². The van der Waals surface area contributed by atoms with Crippen molar-refractivity contribution >= 4 is 6.08 Å². The Balaban J connectivity index is 2.06. The summed E-state index contributed by atoms with van der Waals surface area (Å²) in [5.41, 5.74) is 1.25. The summed E-state index contributed by atoms with van der Waals surface area (Å²) in [4.78, 5) is 0. The van der Waals surface area contributed by atoms with Crippen LogP contribution < -0.4 is 0 Å². The molecule has 4 rings (SSSR count). The van der Waals surface area contributed by atoms with E-state index < -0.39 is 23.5 Å². The van der Waals surface area contributed by atoms with E-state index >= 15 is 0 Å². The van der Waals surface area contributed by atoms with E-state index in [0.29, 0.717) is 22.3 Å². The van der Waals surface area contributed by atoms with Crippen LogP contribution in [-0.2, 0) is 12.4 Å². The van der Waals surface area contributed by atoms with Crippen LogP contribution >= 0.6 is 0 Å². The Bertz CT molecular complexity index is 1150. The van der Waals surface area contributed by atoms with E-state index in [-0.39, 0.29) is 17.5 Å². The van der Waals surface area contributed by atoms with E-state index in [9.17, 15) is 26.3 Å². The van der Waals surface area contributed by atoms with Crippen LogP contribution in [0.3, 0.4) is 0 Å². The molecule has 0 heterocycles. The number of benzene rings is 3. The Morgan fingerprint density at radius 1 is 0.688 bits per heavy atom. The molecule has 6 heteroatoms. The monoisotopic (exact) mass is 445 g/mol. The van der Waals surface area contributed by atoms with E-state index in [1.807, 2.05) is 32.4 Å². The molecule has 0 bridgehead atoms. The standard InChI is InChI=1S/C26H19F6/c1-15(2)18-10-17-8-9-22(16-6-4-3-5-7-16)24(23(17)13-18)19-11-20(25(27,28)29)14-21(12-19)26(30,31)32/h3-15H,1-2H3. The lowest BCUT2D eigenvalue weighted by Crippen LogP contribution is -2.11. The lowest BCUT2D eigenvalue weighted by atomic mass is 9.87. The Labute approximate surface area is 182 Å². The van der Waals surface area contributed by atoms with Gasteiger partial charge < -0.3 is 0 Å². The molecule has 0 spiro atoms. The van der Waals surface area contributed by atoms with Crippen molar-refractivity contribution in [3.8, 4) is 22.3 Å². The smallest absolute Gasteiger partial charge is 0.166 e. The van der Waals surface area contributed by atoms with Gasteiger partial charge in [-0.1, -0.05) is 68.0 Å². The van der Waals surface area contributed by atoms with Gasteiger partial charge in [-0.05, 0) is 57.5 Å². The maximum Gasteiger partial charge on any atom is 0.416 e. The van der Waals surface area contributed by atoms with Crippen LogP contribution in [-0.4, -0.2) is 0 Å². The highest BCUT2D eigenvalue weighted by molar-refractivity contribution is 5.94. The number of alkyl halides is 6. The molecule has 3 aromatic carbocycles. The maximum atomic E-state index is 13.5. The van der Waals surface area contributed by atoms with Crippen molar-refractivity contribution in [1.29, 1.82) is 0 Å². The van der Waals surface area contributed by atoms with Crippen molar-refractivity contribution < 1.29 is 26.3 Å². The molecule has 0 aromatic heterocycles. The third kappa shape index (κ3) is 4.18. The minimum absolute atomic E-state index is 0.113. The van der Waals surface area contributed by atoms with Crippen LogP contribution in [0.1, 0.15) is 36.1 Å². The van der Waals surface area contributed by atoms with Crippen molar-refractivity contribution in [3.63, 3.8) is 0 Å². The number of hydrogen-bond donors (Lipinski definition) is 0. The first-order chi connectivity index (χ1) is 14.9. The molecule has 1 radical (unpaired) electrons. The van der Waals surface area contributed by atoms with Gasteiger partial charge in [0.2, 0.25) is 0 Å². The summed E-state index contributed by atoms with van der Waals surface area (Å²) >= 11 is 0. The van der Waals surface area contributed by atoms with Crippen LogP contribution in [0, 0.1) is 12.3 Å². The molecular weight excluding hydrogens is 426 g/mol. The number of halogens is 6. The predicted octanol–water partition coefficient (Wildman–Crippen LogP) is 8.66. The van der Waals surface area contributed by atoms with Crippen molar-refractivity contribution in [2.45, 2.75) is 26.2 Å². The third-order valence-corrected chi connectivity index (χ3v) is 5.54. The molecule has 0 fully saturated rings. The minimum Gasteiger partial charge on any atom is -0.166 e. The minimum atomic E-state index is -4.91. The Morgan fingerprint density at radius 2 is 1.28 bits per heavy atom. The molecule has 0 aliphatic heterocycles. The van der Waals surface area contributed by atoms with Crippen LogP contribution in [0.2, 0.25) is 0 Å². The summed E-state index contributed by atoms with van der Waals surface area (Å²) in [5.74, 6) is 0.155. The quantitative estimate of drug-likeness (QED) is 0.354. The molecule has 1 aliphatic rings. The predicted molar refractivity (Wildman–Crippen MR) is 114 cm³/mol. The van der Waals surface area contributed by atoms with Gasteiger partial charge in [0, 0.05) is 6.42 Å². The van der Waals surface area contributed by atoms with Crippen molar-refractivity contribution in [2.75, 3.05) is 0 Å². The fourth-order valence-electron chi connectivity index (χ4n) is 3.91. The van der Waals surface area contributed by atoms with Gasteiger partial charge in [-0.2, -0.15) is 26.3 Å². The van der Waals surface area contributed by atoms with E-state index in [1.54, 1.807) is 36.4 Å². The Hall–Kier alpha value is -3.02. The summed E-state index contributed by atoms with van der Waals surface area (Å²) in [6, 6.07) is 14.3. The zero-order valence-corrected chi connectivity index (χ0v) is 17.3. The second kappa shape index (κ2) is 7.84. The van der Waals surface area contributed by atoms with Crippen molar-refractivity contribution in [1.82, 2.24) is 0 Å². The van der Waals surface area contributed by atoms with Gasteiger partial charge in [-0.25, -0.2) is 0 Å². The summed E-state index contributed by atoms with van der Waals surface area (Å²) in [6.45, 7) is 3.97. The molecular formula is C26H19F6. The zero-order valence-electron chi connectivity index (χ0n) is 17.3. The molecule has 0 unspecified atom stereocenters. The second-order valence-electron chi connectivity index (χ2n) is 8.09. The molecule has 165 valence electrons. The average molecular weight is 445 g/mol. The van der Waals surface area contributed by atoms with Gasteiger partial charge in [-0.3, -0.25) is 0 Å². The van der Waals surface area contributed by atoms with Crippen LogP contribution in [0.5, 0.6) is 0 Å². The Morgan fingerprint density at radius 3 is 1.81 bits per heavy atom. The summed E-state index contributed by atoms with van der Waals surface area (Å²) in [6.07, 6.45) is -6.04. The molecule has 0 N–H and O–H groups in total. The molecule has 0 nitrogen and oxygen atoms in total. The number of rotatable bonds is 3. The largest absolute Gasteiger partial charge is 0.416 e. The first-order valence-electron chi connectivity index (χ1n) is 10.0. The molecule has 0 saturated carbocycles. The van der Waals surface area contributed by atoms with Gasteiger partial charge in [-0.15, -0.1) is 0 Å². The van der Waals surface area contributed by atoms with Crippen LogP contribution in [0.4, 0.5) is 26.3 Å². The van der Waals surface area contributed by atoms with Gasteiger partial charge in [0.25, 0.3) is 0 Å². The van der Waals surface area contributed by atoms with Gasteiger partial charge >= 0.3 is 12.4 Å². The fourth-order valence-corrected chi connectivity index (χ4v) is 3.91. The Kier molecular flexibility index (Phi) is 5.43. The van der Waals surface area contributed by atoms with E-state index in [2.05, 4.69) is 0 Å². The lowest BCUT2D eigenvalue weighted by molar-refractivity contribution is -0.143. The summed E-state index contributed by atoms with van der Waals surface area (Å²) in [7, 11) is 0. The van der Waals surface area contributed by atoms with Crippen molar-refractivity contribution in [3.05, 3.63) is 94.9 Å². The van der Waals surface area contributed by atoms with Gasteiger partial charge in [0.15, 0.2) is 0 Å². The SMILES string of the molecule is CC(C)C1=Cc2c(ccc(-c3ccccc3)c2-c2cc(C(F)(F)F)cc(C(F)(F)F)c2)[CH]1. The normalized spacial score (nSPS) is 14.0. The topological polar surface area (TPSA) is 0 Å². The molecule has 0 atom stereocenters. The van der Waals surface area contributed by atoms with E-state index in [4.69, 9.17) is 0 Å². The molecule has 0 saturated heterocycles. The van der Waals surface area contributed by atoms with Gasteiger partial charge in [0.05, 0.1) is 11.1 Å². The first kappa shape index (κ1) is 22.2. The first-order valence-corrected chi connectivity index (χ1v) is 10.0. The van der Waals surface area contributed by atoms with Crippen LogP contribution in [0.15, 0.2) is 66.2 Å². The maximum absolute atomic E-state index is 13.5. The van der Waals surface area contributed by atoms with Crippen molar-refractivity contribution in [2.24, 2.45) is 5.92 Å².